The molecule has 2 aliphatic heterocycles. The van der Waals surface area contributed by atoms with Gasteiger partial charge in [0, 0.05) is 22.5 Å². The number of ether oxygens (including phenoxy) is 4. The molecule has 0 radical (unpaired) electrons. The topological polar surface area (TPSA) is 112 Å². The highest BCUT2D eigenvalue weighted by atomic mass is 16.6. The van der Waals surface area contributed by atoms with Gasteiger partial charge in [0.2, 0.25) is 12.5 Å². The van der Waals surface area contributed by atoms with Crippen LogP contribution in [0.4, 0.5) is 11.4 Å². The van der Waals surface area contributed by atoms with Gasteiger partial charge in [0.05, 0.1) is 35.5 Å². The third-order valence-electron chi connectivity index (χ3n) is 18.1. The van der Waals surface area contributed by atoms with Gasteiger partial charge < -0.3 is 18.9 Å². The van der Waals surface area contributed by atoms with E-state index in [0.717, 1.165) is 75.7 Å². The maximum absolute atomic E-state index is 14.3. The summed E-state index contributed by atoms with van der Waals surface area (Å²) >= 11 is 0. The Morgan fingerprint density at radius 2 is 0.589 bits per heavy atom. The fourth-order valence-electron chi connectivity index (χ4n) is 12.6. The second-order valence-electron chi connectivity index (χ2n) is 25.2. The summed E-state index contributed by atoms with van der Waals surface area (Å²) in [6.45, 7) is 5.75. The van der Waals surface area contributed by atoms with E-state index in [1.54, 1.807) is 58.3 Å². The van der Waals surface area contributed by atoms with Crippen LogP contribution in [0.15, 0.2) is 146 Å². The van der Waals surface area contributed by atoms with Crippen LogP contribution in [0.1, 0.15) is 295 Å². The Morgan fingerprint density at radius 1 is 0.311 bits per heavy atom. The van der Waals surface area contributed by atoms with E-state index < -0.39 is 24.4 Å². The SMILES string of the molecule is CCCCCCCCCCCCCCc1ccc(N2C(=O)c3ccccc3C(=O)O[C@@H]2c2ccc(OCCCCCCCCCCOc3ccc([C@H]4OC(=O)c5ccccc5C(=O)N4c4ccc(CCCCCCCCCCCCCC)cc4)cc3)cc2)cc1. The van der Waals surface area contributed by atoms with E-state index in [4.69, 9.17) is 18.9 Å². The molecule has 0 saturated carbocycles. The first kappa shape index (κ1) is 68.7. The quantitative estimate of drug-likeness (QED) is 0.0275. The Labute approximate surface area is 539 Å². The Bertz CT molecular complexity index is 2840. The molecule has 0 bridgehead atoms. The predicted molar refractivity (Wildman–Crippen MR) is 366 cm³/mol. The Hall–Kier alpha value is -7.20. The van der Waals surface area contributed by atoms with Crippen LogP contribution in [0.25, 0.3) is 0 Å². The second-order valence-corrected chi connectivity index (χ2v) is 25.2. The molecule has 2 atom stereocenters. The van der Waals surface area contributed by atoms with Crippen LogP contribution < -0.4 is 19.3 Å². The van der Waals surface area contributed by atoms with Gasteiger partial charge in [-0.25, -0.2) is 9.59 Å². The van der Waals surface area contributed by atoms with Crippen LogP contribution in [-0.4, -0.2) is 37.0 Å². The zero-order valence-corrected chi connectivity index (χ0v) is 54.6. The van der Waals surface area contributed by atoms with Crippen LogP contribution >= 0.6 is 0 Å². The number of nitrogens with zero attached hydrogens (tertiary/aromatic N) is 2. The number of carbonyl (C=O) groups is 4. The highest BCUT2D eigenvalue weighted by molar-refractivity contribution is 6.15. The van der Waals surface area contributed by atoms with Gasteiger partial charge in [-0.2, -0.15) is 0 Å². The smallest absolute Gasteiger partial charge is 0.341 e. The maximum atomic E-state index is 14.3. The zero-order chi connectivity index (χ0) is 62.8. The van der Waals surface area contributed by atoms with Crippen LogP contribution in [-0.2, 0) is 22.3 Å². The summed E-state index contributed by atoms with van der Waals surface area (Å²) in [6, 6.07) is 45.3. The monoisotopic (exact) mass is 1220 g/mol. The van der Waals surface area contributed by atoms with Crippen LogP contribution in [0.5, 0.6) is 11.5 Å². The maximum Gasteiger partial charge on any atom is 0.341 e. The molecular weight excluding hydrogens is 1120 g/mol. The lowest BCUT2D eigenvalue weighted by Crippen LogP contribution is -2.35. The van der Waals surface area contributed by atoms with Crippen molar-refractivity contribution < 1.29 is 38.1 Å². The zero-order valence-electron chi connectivity index (χ0n) is 54.6. The molecule has 0 aliphatic carbocycles. The number of fused-ring (bicyclic) bond motifs is 2. The number of aryl methyl sites for hydroxylation is 2. The van der Waals surface area contributed by atoms with Crippen LogP contribution in [0, 0.1) is 0 Å². The lowest BCUT2D eigenvalue weighted by molar-refractivity contribution is 0.0292. The molecule has 2 aliphatic rings. The molecule has 0 fully saturated rings. The summed E-state index contributed by atoms with van der Waals surface area (Å²) < 4.78 is 24.6. The van der Waals surface area contributed by atoms with Gasteiger partial charge in [0.1, 0.15) is 11.5 Å². The molecule has 0 unspecified atom stereocenters. The second kappa shape index (κ2) is 39.1. The summed E-state index contributed by atoms with van der Waals surface area (Å²) in [4.78, 5) is 58.9. The number of esters is 2. The number of amides is 2. The Balaban J connectivity index is 0.714. The van der Waals surface area contributed by atoms with Gasteiger partial charge in [-0.05, 0) is 147 Å². The third kappa shape index (κ3) is 21.8. The first-order valence-electron chi connectivity index (χ1n) is 35.2. The summed E-state index contributed by atoms with van der Waals surface area (Å²) in [6.07, 6.45) is 40.5. The number of benzene rings is 6. The van der Waals surface area contributed by atoms with E-state index in [2.05, 4.69) is 38.1 Å². The van der Waals surface area contributed by atoms with Gasteiger partial charge in [-0.15, -0.1) is 0 Å². The minimum Gasteiger partial charge on any atom is -0.494 e. The van der Waals surface area contributed by atoms with Crippen molar-refractivity contribution in [2.75, 3.05) is 23.0 Å². The summed E-state index contributed by atoms with van der Waals surface area (Å²) in [5.41, 5.74) is 6.41. The molecule has 0 saturated heterocycles. The molecule has 90 heavy (non-hydrogen) atoms. The number of anilines is 2. The summed E-state index contributed by atoms with van der Waals surface area (Å²) in [5, 5.41) is 0. The molecule has 0 aromatic heterocycles. The van der Waals surface area contributed by atoms with Gasteiger partial charge in [0.15, 0.2) is 0 Å². The number of hydrogen-bond donors (Lipinski definition) is 0. The van der Waals surface area contributed by atoms with Crippen LogP contribution in [0.2, 0.25) is 0 Å². The normalized spacial score (nSPS) is 14.8. The third-order valence-corrected chi connectivity index (χ3v) is 18.1. The highest BCUT2D eigenvalue weighted by Gasteiger charge is 2.39. The standard InChI is InChI=1S/C80H104N2O8/c1-3-5-7-9-11-13-15-17-19-23-27-31-39-63-45-53-67(54-46-63)81-75(83)71-41-33-35-43-73(71)79(85)89-77(81)65-49-57-69(58-50-65)87-61-37-29-25-21-22-26-30-38-62-88-70-59-51-66(52-60-70)78-82(76(84)72-42-34-36-44-74(72)80(86)90-78)68-55-47-64(48-56-68)40-32-28-24-20-18-16-14-12-10-8-6-4-2/h33-36,41-60,77-78H,3-32,37-40,61-62H2,1-2H3/t77-,78-/m1/s1. The molecule has 482 valence electrons. The van der Waals surface area contributed by atoms with Crippen LogP contribution in [0.3, 0.4) is 0 Å². The van der Waals surface area contributed by atoms with Gasteiger partial charge in [0.25, 0.3) is 11.8 Å². The van der Waals surface area contributed by atoms with Gasteiger partial charge in [-0.3, -0.25) is 19.4 Å². The molecule has 6 aromatic carbocycles. The summed E-state index contributed by atoms with van der Waals surface area (Å²) in [7, 11) is 0. The fourth-order valence-corrected chi connectivity index (χ4v) is 12.6. The van der Waals surface area contributed by atoms with Crippen molar-refractivity contribution >= 4 is 35.1 Å². The summed E-state index contributed by atoms with van der Waals surface area (Å²) in [5.74, 6) is -0.138. The van der Waals surface area contributed by atoms with E-state index in [9.17, 15) is 19.2 Å². The van der Waals surface area contributed by atoms with E-state index >= 15 is 0 Å². The van der Waals surface area contributed by atoms with Crippen molar-refractivity contribution in [3.63, 3.8) is 0 Å². The molecular formula is C80H104N2O8. The van der Waals surface area contributed by atoms with Crippen molar-refractivity contribution in [1.82, 2.24) is 0 Å². The number of hydrogen-bond acceptors (Lipinski definition) is 8. The van der Waals surface area contributed by atoms with Gasteiger partial charge >= 0.3 is 11.9 Å². The van der Waals surface area contributed by atoms with E-state index in [0.29, 0.717) is 46.8 Å². The van der Waals surface area contributed by atoms with E-state index in [1.807, 2.05) is 72.8 Å². The number of unbranched alkanes of at least 4 members (excludes halogenated alkanes) is 29. The molecule has 10 heteroatoms. The van der Waals surface area contributed by atoms with Crippen molar-refractivity contribution in [1.29, 1.82) is 0 Å². The molecule has 0 N–H and O–H groups in total. The molecule has 2 heterocycles. The number of rotatable bonds is 43. The van der Waals surface area contributed by atoms with Crippen molar-refractivity contribution in [3.8, 4) is 11.5 Å². The first-order chi connectivity index (χ1) is 44.3. The van der Waals surface area contributed by atoms with Crippen molar-refractivity contribution in [3.05, 3.63) is 190 Å². The number of cyclic esters (lactones) is 2. The molecule has 2 amide bonds. The minimum absolute atomic E-state index is 0.267. The fraction of sp³-hybridized carbons (Fsp3) is 0.500. The Morgan fingerprint density at radius 3 is 0.900 bits per heavy atom. The largest absolute Gasteiger partial charge is 0.494 e. The average Bonchev–Trinajstić information content (AvgIpc) is 1.86. The minimum atomic E-state index is -0.948. The van der Waals surface area contributed by atoms with E-state index in [-0.39, 0.29) is 22.9 Å². The van der Waals surface area contributed by atoms with Gasteiger partial charge in [-0.1, -0.05) is 242 Å². The first-order valence-corrected chi connectivity index (χ1v) is 35.2. The molecule has 8 rings (SSSR count). The molecule has 6 aromatic rings. The molecule has 0 spiro atoms. The lowest BCUT2D eigenvalue weighted by Gasteiger charge is -2.30. The Kier molecular flexibility index (Phi) is 29.9. The van der Waals surface area contributed by atoms with E-state index in [1.165, 1.54) is 165 Å². The lowest BCUT2D eigenvalue weighted by atomic mass is 10.0. The molecule has 10 nitrogen and oxygen atoms in total. The van der Waals surface area contributed by atoms with Crippen molar-refractivity contribution in [2.45, 2.75) is 245 Å². The highest BCUT2D eigenvalue weighted by Crippen LogP contribution is 2.38. The predicted octanol–water partition coefficient (Wildman–Crippen LogP) is 21.8. The number of carbonyl (C=O) groups excluding carboxylic acids is 4. The average molecular weight is 1220 g/mol. The van der Waals surface area contributed by atoms with Crippen molar-refractivity contribution in [2.24, 2.45) is 0 Å².